The predicted molar refractivity (Wildman–Crippen MR) is 142 cm³/mol. The monoisotopic (exact) mass is 568 g/mol. The summed E-state index contributed by atoms with van der Waals surface area (Å²) in [4.78, 5) is 22.5. The van der Waals surface area contributed by atoms with Gasteiger partial charge in [0.15, 0.2) is 0 Å². The fourth-order valence-corrected chi connectivity index (χ4v) is 5.48. The second kappa shape index (κ2) is 11.0. The third-order valence-electron chi connectivity index (χ3n) is 7.71. The number of carbonyl (C=O) groups is 1. The summed E-state index contributed by atoms with van der Waals surface area (Å²) in [5, 5.41) is 2.81. The first-order valence-corrected chi connectivity index (χ1v) is 13.3. The van der Waals surface area contributed by atoms with Crippen LogP contribution in [0.15, 0.2) is 30.3 Å². The number of nitrogens with two attached hydrogens (primary N) is 1. The molecule has 3 N–H and O–H groups in total. The number of hydrogen-bond acceptors (Lipinski definition) is 6. The first-order chi connectivity index (χ1) is 18.9. The summed E-state index contributed by atoms with van der Waals surface area (Å²) in [5.41, 5.74) is 8.57. The van der Waals surface area contributed by atoms with E-state index in [2.05, 4.69) is 5.32 Å². The van der Waals surface area contributed by atoms with Crippen LogP contribution in [0.5, 0.6) is 0 Å². The molecule has 0 unspecified atom stereocenters. The van der Waals surface area contributed by atoms with Crippen molar-refractivity contribution >= 4 is 23.4 Å². The Kier molecular flexibility index (Phi) is 7.79. The van der Waals surface area contributed by atoms with Crippen LogP contribution in [0.2, 0.25) is 0 Å². The number of hydrogen-bond donors (Lipinski definition) is 2. The van der Waals surface area contributed by atoms with Gasteiger partial charge in [-0.3, -0.25) is 0 Å². The third-order valence-corrected chi connectivity index (χ3v) is 7.71. The summed E-state index contributed by atoms with van der Waals surface area (Å²) in [5.74, 6) is -2.64. The Morgan fingerprint density at radius 3 is 2.45 bits per heavy atom. The van der Waals surface area contributed by atoms with Gasteiger partial charge >= 0.3 is 12.2 Å². The van der Waals surface area contributed by atoms with E-state index in [1.165, 1.54) is 9.80 Å². The number of nitrogens with one attached hydrogen (secondary N) is 1. The molecular weight excluding hydrogens is 535 g/mol. The van der Waals surface area contributed by atoms with Crippen molar-refractivity contribution in [2.24, 2.45) is 11.7 Å². The lowest BCUT2D eigenvalue weighted by atomic mass is 10.00. The van der Waals surface area contributed by atoms with E-state index < -0.39 is 43.1 Å². The maximum absolute atomic E-state index is 14.3. The number of rotatable bonds is 5. The third kappa shape index (κ3) is 6.41. The SMILES string of the molecule is Cc1ccc(NC(=O)N2CC[C@@H](CC(F)(F)F)C2)cc1-c1cc(N2CCOCC2)nc(N2C[C@H](N)C(F)(F)C2)c1. The maximum Gasteiger partial charge on any atom is 0.389 e. The number of anilines is 3. The zero-order valence-corrected chi connectivity index (χ0v) is 22.2. The fourth-order valence-electron chi connectivity index (χ4n) is 5.48. The van der Waals surface area contributed by atoms with Crippen molar-refractivity contribution in [3.8, 4) is 11.1 Å². The van der Waals surface area contributed by atoms with Crippen molar-refractivity contribution in [3.63, 3.8) is 0 Å². The fraction of sp³-hybridized carbons (Fsp3) is 0.556. The van der Waals surface area contributed by atoms with Gasteiger partial charge in [-0.05, 0) is 60.2 Å². The van der Waals surface area contributed by atoms with Crippen LogP contribution in [-0.4, -0.2) is 86.5 Å². The molecule has 3 saturated heterocycles. The van der Waals surface area contributed by atoms with Gasteiger partial charge in [-0.2, -0.15) is 13.2 Å². The van der Waals surface area contributed by atoms with Crippen LogP contribution in [0.3, 0.4) is 0 Å². The summed E-state index contributed by atoms with van der Waals surface area (Å²) in [6.45, 7) is 3.88. The minimum absolute atomic E-state index is 0.0355. The van der Waals surface area contributed by atoms with Crippen molar-refractivity contribution in [2.75, 3.05) is 67.6 Å². The molecule has 3 fully saturated rings. The number of ether oxygens (including phenoxy) is 1. The zero-order chi connectivity index (χ0) is 28.7. The molecule has 4 heterocycles. The molecule has 0 aliphatic carbocycles. The van der Waals surface area contributed by atoms with Crippen LogP contribution in [-0.2, 0) is 4.74 Å². The Labute approximate surface area is 229 Å². The number of pyridine rings is 1. The van der Waals surface area contributed by atoms with Gasteiger partial charge in [0.05, 0.1) is 25.8 Å². The van der Waals surface area contributed by atoms with E-state index in [1.807, 2.05) is 24.0 Å². The van der Waals surface area contributed by atoms with Crippen molar-refractivity contribution in [3.05, 3.63) is 35.9 Å². The quantitative estimate of drug-likeness (QED) is 0.518. The van der Waals surface area contributed by atoms with Crippen molar-refractivity contribution in [2.45, 2.75) is 37.9 Å². The van der Waals surface area contributed by atoms with E-state index in [4.69, 9.17) is 15.5 Å². The molecule has 3 aliphatic heterocycles. The number of aromatic nitrogens is 1. The van der Waals surface area contributed by atoms with E-state index >= 15 is 0 Å². The lowest BCUT2D eigenvalue weighted by molar-refractivity contribution is -0.143. The van der Waals surface area contributed by atoms with E-state index in [0.29, 0.717) is 50.0 Å². The van der Waals surface area contributed by atoms with Gasteiger partial charge in [0, 0.05) is 44.8 Å². The minimum Gasteiger partial charge on any atom is -0.378 e. The molecule has 0 bridgehead atoms. The Morgan fingerprint density at radius 2 is 1.80 bits per heavy atom. The average Bonchev–Trinajstić information content (AvgIpc) is 3.47. The number of urea groups is 1. The number of nitrogens with zero attached hydrogens (tertiary/aromatic N) is 4. The van der Waals surface area contributed by atoms with E-state index in [0.717, 1.165) is 16.7 Å². The molecule has 2 atom stereocenters. The van der Waals surface area contributed by atoms with E-state index in [-0.39, 0.29) is 19.6 Å². The second-order valence-electron chi connectivity index (χ2n) is 10.8. The van der Waals surface area contributed by atoms with Gasteiger partial charge in [-0.15, -0.1) is 0 Å². The molecule has 40 heavy (non-hydrogen) atoms. The van der Waals surface area contributed by atoms with Crippen LogP contribution in [0.4, 0.5) is 44.1 Å². The molecule has 2 amide bonds. The van der Waals surface area contributed by atoms with Crippen LogP contribution in [0.25, 0.3) is 11.1 Å². The highest BCUT2D eigenvalue weighted by Crippen LogP contribution is 2.36. The number of likely N-dealkylation sites (tertiary alicyclic amines) is 1. The Morgan fingerprint density at radius 1 is 1.10 bits per heavy atom. The molecule has 13 heteroatoms. The molecule has 8 nitrogen and oxygen atoms in total. The number of halogens is 5. The molecule has 5 rings (SSSR count). The highest BCUT2D eigenvalue weighted by atomic mass is 19.4. The summed E-state index contributed by atoms with van der Waals surface area (Å²) in [6, 6.07) is 7.21. The van der Waals surface area contributed by atoms with Crippen LogP contribution in [0, 0.1) is 12.8 Å². The Balaban J connectivity index is 1.40. The minimum atomic E-state index is -4.26. The lowest BCUT2D eigenvalue weighted by Crippen LogP contribution is -2.38. The number of amides is 2. The predicted octanol–water partition coefficient (Wildman–Crippen LogP) is 4.48. The largest absolute Gasteiger partial charge is 0.389 e. The highest BCUT2D eigenvalue weighted by Gasteiger charge is 2.46. The van der Waals surface area contributed by atoms with Gasteiger partial charge in [0.2, 0.25) is 0 Å². The number of carbonyl (C=O) groups excluding carboxylic acids is 1. The summed E-state index contributed by atoms with van der Waals surface area (Å²) in [7, 11) is 0. The van der Waals surface area contributed by atoms with Gasteiger partial charge in [-0.25, -0.2) is 18.6 Å². The zero-order valence-electron chi connectivity index (χ0n) is 22.2. The van der Waals surface area contributed by atoms with Crippen LogP contribution in [0.1, 0.15) is 18.4 Å². The molecule has 3 aliphatic rings. The number of benzene rings is 1. The Hall–Kier alpha value is -3.19. The first-order valence-electron chi connectivity index (χ1n) is 13.3. The average molecular weight is 569 g/mol. The Bertz CT molecular complexity index is 1240. The molecule has 0 spiro atoms. The second-order valence-corrected chi connectivity index (χ2v) is 10.8. The summed E-state index contributed by atoms with van der Waals surface area (Å²) in [6.07, 6.45) is -4.87. The first kappa shape index (κ1) is 28.3. The van der Waals surface area contributed by atoms with Crippen molar-refractivity contribution < 1.29 is 31.5 Å². The van der Waals surface area contributed by atoms with Gasteiger partial charge < -0.3 is 30.5 Å². The molecule has 2 aromatic rings. The van der Waals surface area contributed by atoms with Gasteiger partial charge in [0.1, 0.15) is 11.6 Å². The lowest BCUT2D eigenvalue weighted by Gasteiger charge is -2.29. The smallest absolute Gasteiger partial charge is 0.378 e. The summed E-state index contributed by atoms with van der Waals surface area (Å²) >= 11 is 0. The molecule has 1 aromatic heterocycles. The maximum atomic E-state index is 14.3. The number of aryl methyl sites for hydroxylation is 1. The number of morpholine rings is 1. The van der Waals surface area contributed by atoms with Crippen molar-refractivity contribution in [1.29, 1.82) is 0 Å². The molecular formula is C27H33F5N6O2. The standard InChI is InChI=1S/C27H33F5N6O2/c1-17-2-3-20(34-25(39)37-5-4-18(14-37)13-27(30,31)32)12-21(17)19-10-23(36-6-8-40-9-7-36)35-24(11-19)38-15-22(33)26(28,29)16-38/h2-3,10-12,18,22H,4-9,13-16,33H2,1H3,(H,34,39)/t18-,22-/m0/s1. The molecule has 0 radical (unpaired) electrons. The van der Waals surface area contributed by atoms with Gasteiger partial charge in [-0.1, -0.05) is 6.07 Å². The van der Waals surface area contributed by atoms with Crippen molar-refractivity contribution in [1.82, 2.24) is 9.88 Å². The molecule has 218 valence electrons. The van der Waals surface area contributed by atoms with E-state index in [9.17, 15) is 26.7 Å². The van der Waals surface area contributed by atoms with Crippen LogP contribution >= 0.6 is 0 Å². The number of alkyl halides is 5. The van der Waals surface area contributed by atoms with E-state index in [1.54, 1.807) is 18.2 Å². The molecule has 0 saturated carbocycles. The molecule has 1 aromatic carbocycles. The normalized spacial score (nSPS) is 23.1. The van der Waals surface area contributed by atoms with Gasteiger partial charge in [0.25, 0.3) is 5.92 Å². The highest BCUT2D eigenvalue weighted by molar-refractivity contribution is 5.91. The summed E-state index contributed by atoms with van der Waals surface area (Å²) < 4.78 is 72.4. The van der Waals surface area contributed by atoms with Crippen LogP contribution < -0.4 is 20.9 Å². The topological polar surface area (TPSA) is 87.0 Å².